The van der Waals surface area contributed by atoms with Crippen LogP contribution in [0.15, 0.2) is 54.6 Å². The molecule has 0 fully saturated rings. The van der Waals surface area contributed by atoms with Crippen LogP contribution in [0.1, 0.15) is 21.6 Å². The highest BCUT2D eigenvalue weighted by molar-refractivity contribution is 6.13. The predicted molar refractivity (Wildman–Crippen MR) is 91.3 cm³/mol. The molecule has 0 saturated heterocycles. The minimum atomic E-state index is -4.55. The van der Waals surface area contributed by atoms with Gasteiger partial charge in [-0.2, -0.15) is 13.2 Å². The number of aromatic nitrogens is 1. The molecule has 26 heavy (non-hydrogen) atoms. The van der Waals surface area contributed by atoms with E-state index < -0.39 is 23.6 Å². The average Bonchev–Trinajstić information content (AvgIpc) is 2.99. The van der Waals surface area contributed by atoms with Gasteiger partial charge in [0.05, 0.1) is 16.8 Å². The molecule has 0 N–H and O–H groups in total. The van der Waals surface area contributed by atoms with Gasteiger partial charge in [0.1, 0.15) is 0 Å². The fraction of sp³-hybridized carbons (Fsp3) is 0.158. The number of rotatable bonds is 2. The fourth-order valence-corrected chi connectivity index (χ4v) is 2.71. The number of ketones is 1. The summed E-state index contributed by atoms with van der Waals surface area (Å²) in [6.45, 7) is 0. The lowest BCUT2D eigenvalue weighted by atomic mass is 10.0. The lowest BCUT2D eigenvalue weighted by Crippen LogP contribution is -2.29. The number of fused-ring (bicyclic) bond motifs is 1. The first kappa shape index (κ1) is 17.7. The summed E-state index contributed by atoms with van der Waals surface area (Å²) in [5, 5.41) is 0.651. The Morgan fingerprint density at radius 3 is 2.31 bits per heavy atom. The van der Waals surface area contributed by atoms with Crippen LogP contribution in [0, 0.1) is 0 Å². The van der Waals surface area contributed by atoms with E-state index >= 15 is 0 Å². The Labute approximate surface area is 147 Å². The maximum Gasteiger partial charge on any atom is 0.416 e. The number of hydrogen-bond donors (Lipinski definition) is 0. The van der Waals surface area contributed by atoms with E-state index in [1.54, 1.807) is 24.3 Å². The fourth-order valence-electron chi connectivity index (χ4n) is 2.71. The number of hydrogen-bond acceptors (Lipinski definition) is 2. The molecule has 0 atom stereocenters. The molecule has 0 saturated carbocycles. The van der Waals surface area contributed by atoms with Crippen LogP contribution in [-0.2, 0) is 6.18 Å². The number of nitrogens with zero attached hydrogens (tertiary/aromatic N) is 2. The maximum atomic E-state index is 12.9. The molecule has 7 heteroatoms. The van der Waals surface area contributed by atoms with Crippen LogP contribution >= 0.6 is 0 Å². The van der Waals surface area contributed by atoms with Crippen molar-refractivity contribution in [2.75, 3.05) is 14.1 Å². The van der Waals surface area contributed by atoms with E-state index in [4.69, 9.17) is 0 Å². The summed E-state index contributed by atoms with van der Waals surface area (Å²) < 4.78 is 40.0. The Balaban J connectivity index is 2.18. The van der Waals surface area contributed by atoms with E-state index in [0.717, 1.165) is 12.1 Å². The summed E-state index contributed by atoms with van der Waals surface area (Å²) in [5.41, 5.74) is -0.508. The molecule has 0 unspecified atom stereocenters. The van der Waals surface area contributed by atoms with Gasteiger partial charge < -0.3 is 4.90 Å². The van der Waals surface area contributed by atoms with Crippen LogP contribution in [0.5, 0.6) is 0 Å². The zero-order chi connectivity index (χ0) is 19.1. The average molecular weight is 360 g/mol. The summed E-state index contributed by atoms with van der Waals surface area (Å²) in [5.74, 6) is -0.650. The normalized spacial score (nSPS) is 11.6. The Bertz CT molecular complexity index is 1000. The van der Waals surface area contributed by atoms with Crippen LogP contribution in [0.25, 0.3) is 10.9 Å². The van der Waals surface area contributed by atoms with E-state index in [0.29, 0.717) is 10.9 Å². The van der Waals surface area contributed by atoms with Crippen LogP contribution in [-0.4, -0.2) is 35.4 Å². The van der Waals surface area contributed by atoms with Crippen molar-refractivity contribution in [3.05, 3.63) is 71.4 Å². The molecule has 1 heterocycles. The lowest BCUT2D eigenvalue weighted by Gasteiger charge is -2.15. The summed E-state index contributed by atoms with van der Waals surface area (Å²) >= 11 is 0. The van der Waals surface area contributed by atoms with Crippen molar-refractivity contribution in [2.24, 2.45) is 0 Å². The van der Waals surface area contributed by atoms with E-state index in [1.165, 1.54) is 41.8 Å². The Morgan fingerprint density at radius 2 is 1.65 bits per heavy atom. The molecule has 0 aliphatic heterocycles. The molecule has 134 valence electrons. The molecule has 3 aromatic rings. The molecule has 0 spiro atoms. The van der Waals surface area contributed by atoms with Crippen LogP contribution in [0.3, 0.4) is 0 Å². The van der Waals surface area contributed by atoms with Gasteiger partial charge >= 0.3 is 12.2 Å². The van der Waals surface area contributed by atoms with Gasteiger partial charge in [0.25, 0.3) is 0 Å². The molecule has 0 aliphatic carbocycles. The number of carbonyl (C=O) groups excluding carboxylic acids is 2. The van der Waals surface area contributed by atoms with Crippen LogP contribution in [0.2, 0.25) is 0 Å². The van der Waals surface area contributed by atoms with Gasteiger partial charge in [0, 0.05) is 25.0 Å². The van der Waals surface area contributed by atoms with Crippen LogP contribution < -0.4 is 0 Å². The number of para-hydroxylation sites is 1. The SMILES string of the molecule is CN(C)C(=O)n1c(C(=O)c2cccc(C(F)(F)F)c2)cc2ccccc21. The van der Waals surface area contributed by atoms with E-state index in [1.807, 2.05) is 0 Å². The Morgan fingerprint density at radius 1 is 0.962 bits per heavy atom. The first-order valence-electron chi connectivity index (χ1n) is 7.74. The number of carbonyl (C=O) groups is 2. The Kier molecular flexibility index (Phi) is 4.31. The molecule has 3 rings (SSSR count). The van der Waals surface area contributed by atoms with Gasteiger partial charge in [-0.05, 0) is 24.3 Å². The van der Waals surface area contributed by atoms with Crippen molar-refractivity contribution >= 4 is 22.7 Å². The summed E-state index contributed by atoms with van der Waals surface area (Å²) in [6.07, 6.45) is -4.55. The van der Waals surface area contributed by atoms with Gasteiger partial charge in [0.15, 0.2) is 0 Å². The van der Waals surface area contributed by atoms with E-state index in [9.17, 15) is 22.8 Å². The number of amides is 1. The lowest BCUT2D eigenvalue weighted by molar-refractivity contribution is -0.137. The second kappa shape index (κ2) is 6.33. The van der Waals surface area contributed by atoms with Crippen molar-refractivity contribution < 1.29 is 22.8 Å². The highest BCUT2D eigenvalue weighted by Crippen LogP contribution is 2.30. The van der Waals surface area contributed by atoms with Crippen molar-refractivity contribution in [3.8, 4) is 0 Å². The zero-order valence-corrected chi connectivity index (χ0v) is 14.0. The summed E-state index contributed by atoms with van der Waals surface area (Å²) in [6, 6.07) is 12.1. The van der Waals surface area contributed by atoms with Crippen LogP contribution in [0.4, 0.5) is 18.0 Å². The third-order valence-electron chi connectivity index (χ3n) is 3.97. The molecule has 4 nitrogen and oxygen atoms in total. The molecule has 0 bridgehead atoms. The predicted octanol–water partition coefficient (Wildman–Crippen LogP) is 4.42. The van der Waals surface area contributed by atoms with Gasteiger partial charge in [-0.15, -0.1) is 0 Å². The molecular formula is C19H15F3N2O2. The molecule has 1 amide bonds. The molecule has 2 aromatic carbocycles. The van der Waals surface area contributed by atoms with Gasteiger partial charge in [-0.1, -0.05) is 30.3 Å². The largest absolute Gasteiger partial charge is 0.416 e. The second-order valence-corrected chi connectivity index (χ2v) is 6.01. The van der Waals surface area contributed by atoms with Crippen molar-refractivity contribution in [3.63, 3.8) is 0 Å². The molecular weight excluding hydrogens is 345 g/mol. The van der Waals surface area contributed by atoms with Crippen molar-refractivity contribution in [1.29, 1.82) is 0 Å². The summed E-state index contributed by atoms with van der Waals surface area (Å²) in [7, 11) is 3.07. The Hall–Kier alpha value is -3.09. The smallest absolute Gasteiger partial charge is 0.330 e. The van der Waals surface area contributed by atoms with Crippen molar-refractivity contribution in [2.45, 2.75) is 6.18 Å². The van der Waals surface area contributed by atoms with Gasteiger partial charge in [-0.3, -0.25) is 9.36 Å². The number of halogens is 3. The topological polar surface area (TPSA) is 42.3 Å². The monoisotopic (exact) mass is 360 g/mol. The summed E-state index contributed by atoms with van der Waals surface area (Å²) in [4.78, 5) is 26.7. The minimum absolute atomic E-state index is 0.0178. The van der Waals surface area contributed by atoms with Gasteiger partial charge in [-0.25, -0.2) is 4.79 Å². The first-order valence-corrected chi connectivity index (χ1v) is 7.74. The standard InChI is InChI=1S/C19H15F3N2O2/c1-23(2)18(26)24-15-9-4-3-6-12(15)11-16(24)17(25)13-7-5-8-14(10-13)19(20,21)22/h3-11H,1-2H3. The quantitative estimate of drug-likeness (QED) is 0.635. The van der Waals surface area contributed by atoms with Crippen molar-refractivity contribution in [1.82, 2.24) is 9.47 Å². The minimum Gasteiger partial charge on any atom is -0.330 e. The highest BCUT2D eigenvalue weighted by Gasteiger charge is 2.31. The third-order valence-corrected chi connectivity index (χ3v) is 3.97. The molecule has 0 radical (unpaired) electrons. The molecule has 1 aromatic heterocycles. The van der Waals surface area contributed by atoms with E-state index in [-0.39, 0.29) is 11.3 Å². The number of benzene rings is 2. The maximum absolute atomic E-state index is 12.9. The highest BCUT2D eigenvalue weighted by atomic mass is 19.4. The first-order chi connectivity index (χ1) is 12.2. The zero-order valence-electron chi connectivity index (χ0n) is 14.0. The molecule has 0 aliphatic rings. The number of alkyl halides is 3. The second-order valence-electron chi connectivity index (χ2n) is 6.01. The van der Waals surface area contributed by atoms with Gasteiger partial charge in [0.2, 0.25) is 5.78 Å². The third kappa shape index (κ3) is 3.08. The van der Waals surface area contributed by atoms with E-state index in [2.05, 4.69) is 0 Å².